The summed E-state index contributed by atoms with van der Waals surface area (Å²) in [6.07, 6.45) is 2.97. The van der Waals surface area contributed by atoms with E-state index in [2.05, 4.69) is 20.9 Å². The molecule has 0 spiro atoms. The Kier molecular flexibility index (Phi) is 3.72. The molecule has 92 valence electrons. The summed E-state index contributed by atoms with van der Waals surface area (Å²) in [5.74, 6) is -2.67. The molecule has 1 unspecified atom stereocenters. The quantitative estimate of drug-likeness (QED) is 0.947. The average Bonchev–Trinajstić information content (AvgIpc) is 2.35. The number of hydrogen-bond donors (Lipinski definition) is 1. The number of aromatic nitrogens is 1. The van der Waals surface area contributed by atoms with Gasteiger partial charge >= 0.3 is 5.97 Å². The zero-order chi connectivity index (χ0) is 13.1. The molecule has 18 heavy (non-hydrogen) atoms. The normalized spacial score (nSPS) is 12.1. The van der Waals surface area contributed by atoms with Crippen LogP contribution in [0.3, 0.4) is 0 Å². The molecule has 0 amide bonds. The Hall–Kier alpha value is -1.75. The lowest BCUT2D eigenvalue weighted by Gasteiger charge is -2.14. The Morgan fingerprint density at radius 3 is 2.56 bits per heavy atom. The van der Waals surface area contributed by atoms with Gasteiger partial charge in [-0.15, -0.1) is 0 Å². The number of hydrogen-bond acceptors (Lipinski definition) is 2. The summed E-state index contributed by atoms with van der Waals surface area (Å²) in [7, 11) is 0. The Balaban J connectivity index is 2.55. The fraction of sp³-hybridized carbons (Fsp3) is 0.0769. The number of pyridine rings is 1. The number of rotatable bonds is 3. The molecule has 1 aromatic carbocycles. The van der Waals surface area contributed by atoms with Crippen molar-refractivity contribution in [3.8, 4) is 0 Å². The van der Waals surface area contributed by atoms with Crippen LogP contribution in [0.15, 0.2) is 47.2 Å². The molecular formula is C13H9BrFNO2. The van der Waals surface area contributed by atoms with E-state index in [1.54, 1.807) is 12.1 Å². The van der Waals surface area contributed by atoms with Gasteiger partial charge in [0.05, 0.1) is 0 Å². The lowest BCUT2D eigenvalue weighted by atomic mass is 9.92. The van der Waals surface area contributed by atoms with Crippen molar-refractivity contribution in [2.75, 3.05) is 0 Å². The van der Waals surface area contributed by atoms with E-state index in [0.29, 0.717) is 10.0 Å². The molecule has 0 aliphatic rings. The van der Waals surface area contributed by atoms with Gasteiger partial charge in [0.15, 0.2) is 0 Å². The summed E-state index contributed by atoms with van der Waals surface area (Å²) in [5, 5.41) is 9.29. The van der Waals surface area contributed by atoms with Crippen molar-refractivity contribution in [3.63, 3.8) is 0 Å². The minimum absolute atomic E-state index is 0.128. The molecular weight excluding hydrogens is 301 g/mol. The van der Waals surface area contributed by atoms with Crippen LogP contribution in [-0.2, 0) is 4.79 Å². The summed E-state index contributed by atoms with van der Waals surface area (Å²) in [5.41, 5.74) is 0.623. The minimum atomic E-state index is -1.10. The third-order valence-corrected chi connectivity index (χ3v) is 3.05. The third kappa shape index (κ3) is 2.56. The summed E-state index contributed by atoms with van der Waals surface area (Å²) in [6.45, 7) is 0. The van der Waals surface area contributed by atoms with Gasteiger partial charge in [0, 0.05) is 22.4 Å². The predicted molar refractivity (Wildman–Crippen MR) is 67.8 cm³/mol. The van der Waals surface area contributed by atoms with Crippen LogP contribution in [0, 0.1) is 5.82 Å². The van der Waals surface area contributed by atoms with Crippen molar-refractivity contribution in [3.05, 3.63) is 64.1 Å². The van der Waals surface area contributed by atoms with Gasteiger partial charge in [-0.25, -0.2) is 4.39 Å². The Bertz CT molecular complexity index is 574. The molecule has 0 fully saturated rings. The molecule has 1 atom stereocenters. The van der Waals surface area contributed by atoms with Gasteiger partial charge in [-0.1, -0.05) is 15.9 Å². The zero-order valence-electron chi connectivity index (χ0n) is 9.18. The van der Waals surface area contributed by atoms with E-state index < -0.39 is 17.7 Å². The monoisotopic (exact) mass is 309 g/mol. The SMILES string of the molecule is O=C(O)C(c1ccncc1)c1cc(Br)ccc1F. The maximum absolute atomic E-state index is 13.8. The lowest BCUT2D eigenvalue weighted by Crippen LogP contribution is -2.14. The van der Waals surface area contributed by atoms with Crippen molar-refractivity contribution in [1.29, 1.82) is 0 Å². The highest BCUT2D eigenvalue weighted by atomic mass is 79.9. The highest BCUT2D eigenvalue weighted by molar-refractivity contribution is 9.10. The minimum Gasteiger partial charge on any atom is -0.481 e. The molecule has 1 aromatic heterocycles. The second-order valence-electron chi connectivity index (χ2n) is 3.72. The number of carboxylic acids is 1. The largest absolute Gasteiger partial charge is 0.481 e. The van der Waals surface area contributed by atoms with Crippen molar-refractivity contribution in [2.24, 2.45) is 0 Å². The first kappa shape index (κ1) is 12.7. The fourth-order valence-electron chi connectivity index (χ4n) is 1.75. The van der Waals surface area contributed by atoms with Gasteiger partial charge in [0.2, 0.25) is 0 Å². The number of carbonyl (C=O) groups is 1. The van der Waals surface area contributed by atoms with Crippen molar-refractivity contribution < 1.29 is 14.3 Å². The van der Waals surface area contributed by atoms with E-state index in [4.69, 9.17) is 0 Å². The maximum atomic E-state index is 13.8. The Morgan fingerprint density at radius 2 is 1.94 bits per heavy atom. The van der Waals surface area contributed by atoms with Crippen LogP contribution in [0.4, 0.5) is 4.39 Å². The van der Waals surface area contributed by atoms with Gasteiger partial charge in [0.25, 0.3) is 0 Å². The summed E-state index contributed by atoms with van der Waals surface area (Å²) < 4.78 is 14.4. The van der Waals surface area contributed by atoms with Crippen LogP contribution in [0.2, 0.25) is 0 Å². The molecule has 1 N–H and O–H groups in total. The molecule has 2 aromatic rings. The van der Waals surface area contributed by atoms with Gasteiger partial charge in [-0.3, -0.25) is 9.78 Å². The molecule has 0 aliphatic carbocycles. The van der Waals surface area contributed by atoms with E-state index in [1.807, 2.05) is 0 Å². The van der Waals surface area contributed by atoms with Crippen molar-refractivity contribution in [1.82, 2.24) is 4.98 Å². The van der Waals surface area contributed by atoms with E-state index >= 15 is 0 Å². The Labute approximate surface area is 111 Å². The first-order valence-corrected chi connectivity index (χ1v) is 5.96. The Morgan fingerprint density at radius 1 is 1.28 bits per heavy atom. The molecule has 5 heteroatoms. The molecule has 0 radical (unpaired) electrons. The van der Waals surface area contributed by atoms with Gasteiger partial charge < -0.3 is 5.11 Å². The zero-order valence-corrected chi connectivity index (χ0v) is 10.8. The van der Waals surface area contributed by atoms with Crippen LogP contribution in [-0.4, -0.2) is 16.1 Å². The number of halogens is 2. The third-order valence-electron chi connectivity index (χ3n) is 2.56. The summed E-state index contributed by atoms with van der Waals surface area (Å²) in [4.78, 5) is 15.2. The van der Waals surface area contributed by atoms with Crippen LogP contribution in [0.5, 0.6) is 0 Å². The summed E-state index contributed by atoms with van der Waals surface area (Å²) in [6, 6.07) is 7.40. The number of aliphatic carboxylic acids is 1. The van der Waals surface area contributed by atoms with E-state index in [9.17, 15) is 14.3 Å². The topological polar surface area (TPSA) is 50.2 Å². The first-order chi connectivity index (χ1) is 8.59. The van der Waals surface area contributed by atoms with Crippen LogP contribution >= 0.6 is 15.9 Å². The maximum Gasteiger partial charge on any atom is 0.315 e. The van der Waals surface area contributed by atoms with Crippen molar-refractivity contribution in [2.45, 2.75) is 5.92 Å². The molecule has 0 bridgehead atoms. The van der Waals surface area contributed by atoms with Gasteiger partial charge in [-0.05, 0) is 35.9 Å². The second-order valence-corrected chi connectivity index (χ2v) is 4.63. The molecule has 0 saturated carbocycles. The second kappa shape index (κ2) is 5.27. The fourth-order valence-corrected chi connectivity index (χ4v) is 2.13. The van der Waals surface area contributed by atoms with Gasteiger partial charge in [-0.2, -0.15) is 0 Å². The molecule has 0 aliphatic heterocycles. The van der Waals surface area contributed by atoms with E-state index in [-0.39, 0.29) is 5.56 Å². The first-order valence-electron chi connectivity index (χ1n) is 5.17. The van der Waals surface area contributed by atoms with Crippen LogP contribution in [0.25, 0.3) is 0 Å². The lowest BCUT2D eigenvalue weighted by molar-refractivity contribution is -0.137. The standard InChI is InChI=1S/C13H9BrFNO2/c14-9-1-2-11(15)10(7-9)12(13(17)18)8-3-5-16-6-4-8/h1-7,12H,(H,17,18). The van der Waals surface area contributed by atoms with E-state index in [1.165, 1.54) is 30.6 Å². The smallest absolute Gasteiger partial charge is 0.315 e. The van der Waals surface area contributed by atoms with Crippen LogP contribution < -0.4 is 0 Å². The molecule has 2 rings (SSSR count). The van der Waals surface area contributed by atoms with Crippen LogP contribution in [0.1, 0.15) is 17.0 Å². The summed E-state index contributed by atoms with van der Waals surface area (Å²) >= 11 is 3.21. The number of carboxylic acid groups (broad SMARTS) is 1. The molecule has 0 saturated heterocycles. The number of nitrogens with zero attached hydrogens (tertiary/aromatic N) is 1. The predicted octanol–water partition coefficient (Wildman–Crippen LogP) is 3.20. The highest BCUT2D eigenvalue weighted by Crippen LogP contribution is 2.29. The average molecular weight is 310 g/mol. The highest BCUT2D eigenvalue weighted by Gasteiger charge is 2.25. The number of benzene rings is 1. The van der Waals surface area contributed by atoms with E-state index in [0.717, 1.165) is 0 Å². The molecule has 1 heterocycles. The van der Waals surface area contributed by atoms with Crippen molar-refractivity contribution >= 4 is 21.9 Å². The molecule has 3 nitrogen and oxygen atoms in total. The van der Waals surface area contributed by atoms with Gasteiger partial charge in [0.1, 0.15) is 11.7 Å².